The van der Waals surface area contributed by atoms with Gasteiger partial charge in [-0.05, 0) is 55.9 Å². The number of fused-ring (bicyclic) bond motifs is 3. The van der Waals surface area contributed by atoms with Crippen molar-refractivity contribution in [1.29, 1.82) is 0 Å². The van der Waals surface area contributed by atoms with Crippen molar-refractivity contribution in [2.75, 3.05) is 13.2 Å². The lowest BCUT2D eigenvalue weighted by molar-refractivity contribution is 0.0553. The van der Waals surface area contributed by atoms with E-state index in [0.717, 1.165) is 54.0 Å². The second kappa shape index (κ2) is 8.37. The maximum absolute atomic E-state index is 5.75. The van der Waals surface area contributed by atoms with Crippen LogP contribution in [-0.4, -0.2) is 37.8 Å². The van der Waals surface area contributed by atoms with Crippen molar-refractivity contribution < 1.29 is 4.74 Å². The molecule has 6 nitrogen and oxygen atoms in total. The van der Waals surface area contributed by atoms with Gasteiger partial charge in [0.25, 0.3) is 0 Å². The normalized spacial score (nSPS) is 15.9. The zero-order valence-corrected chi connectivity index (χ0v) is 19.9. The lowest BCUT2D eigenvalue weighted by Crippen LogP contribution is -2.26. The van der Waals surface area contributed by atoms with E-state index in [0.29, 0.717) is 5.92 Å². The summed E-state index contributed by atoms with van der Waals surface area (Å²) < 4.78 is 10.1. The molecular formula is C28H29N5O. The van der Waals surface area contributed by atoms with E-state index in [-0.39, 0.29) is 6.04 Å². The Labute approximate surface area is 199 Å². The second-order valence-corrected chi connectivity index (χ2v) is 9.43. The van der Waals surface area contributed by atoms with Crippen molar-refractivity contribution >= 4 is 21.9 Å². The molecule has 0 radical (unpaired) electrons. The van der Waals surface area contributed by atoms with Crippen LogP contribution in [0.5, 0.6) is 0 Å². The predicted molar refractivity (Wildman–Crippen MR) is 135 cm³/mol. The molecule has 0 N–H and O–H groups in total. The van der Waals surface area contributed by atoms with Crippen LogP contribution in [0.4, 0.5) is 0 Å². The van der Waals surface area contributed by atoms with Crippen molar-refractivity contribution in [2.45, 2.75) is 32.7 Å². The Hall–Kier alpha value is -3.51. The van der Waals surface area contributed by atoms with Crippen LogP contribution >= 0.6 is 0 Å². The molecule has 1 atom stereocenters. The quantitative estimate of drug-likeness (QED) is 0.356. The first kappa shape index (κ1) is 21.1. The van der Waals surface area contributed by atoms with Gasteiger partial charge in [-0.15, -0.1) is 5.10 Å². The van der Waals surface area contributed by atoms with Gasteiger partial charge in [-0.2, -0.15) is 0 Å². The zero-order valence-electron chi connectivity index (χ0n) is 19.9. The van der Waals surface area contributed by atoms with Crippen LogP contribution in [0.1, 0.15) is 35.7 Å². The van der Waals surface area contributed by atoms with E-state index >= 15 is 0 Å². The fourth-order valence-corrected chi connectivity index (χ4v) is 5.61. The van der Waals surface area contributed by atoms with Crippen LogP contribution in [0.25, 0.3) is 33.2 Å². The Balaban J connectivity index is 1.67. The van der Waals surface area contributed by atoms with Gasteiger partial charge in [0, 0.05) is 37.4 Å². The van der Waals surface area contributed by atoms with Gasteiger partial charge in [0.05, 0.1) is 34.0 Å². The van der Waals surface area contributed by atoms with E-state index < -0.39 is 0 Å². The molecule has 172 valence electrons. The fourth-order valence-electron chi connectivity index (χ4n) is 5.61. The van der Waals surface area contributed by atoms with Gasteiger partial charge in [-0.25, -0.2) is 4.68 Å². The molecule has 1 fully saturated rings. The highest BCUT2D eigenvalue weighted by molar-refractivity contribution is 6.07. The maximum atomic E-state index is 5.75. The second-order valence-electron chi connectivity index (χ2n) is 9.43. The molecule has 0 saturated carbocycles. The molecule has 0 amide bonds. The molecule has 34 heavy (non-hydrogen) atoms. The van der Waals surface area contributed by atoms with Gasteiger partial charge in [-0.1, -0.05) is 47.7 Å². The monoisotopic (exact) mass is 451 g/mol. The summed E-state index contributed by atoms with van der Waals surface area (Å²) in [5.74, 6) is 0.485. The molecule has 4 heterocycles. The highest BCUT2D eigenvalue weighted by Crippen LogP contribution is 2.41. The first-order valence-corrected chi connectivity index (χ1v) is 12.0. The van der Waals surface area contributed by atoms with Crippen molar-refractivity contribution in [2.24, 2.45) is 13.0 Å². The molecular weight excluding hydrogens is 422 g/mol. The molecule has 1 aliphatic heterocycles. The van der Waals surface area contributed by atoms with Crippen molar-refractivity contribution in [3.05, 3.63) is 77.6 Å². The lowest BCUT2D eigenvalue weighted by Gasteiger charge is -2.33. The molecule has 0 unspecified atom stereocenters. The smallest absolute Gasteiger partial charge is 0.0960 e. The fraction of sp³-hybridized carbons (Fsp3) is 0.321. The molecule has 0 aliphatic carbocycles. The van der Waals surface area contributed by atoms with Gasteiger partial charge < -0.3 is 9.30 Å². The number of benzene rings is 2. The third kappa shape index (κ3) is 3.41. The standard InChI is InChI=1S/C28H29N5O/c1-18-9-10-23-24(15-18)33(28(20-7-5-4-6-8-20)21-11-13-34-14-12-21)25-16-22(17-29-26(23)25)27-19(2)30-31-32(27)3/h4-10,15-17,21,28H,11-14H2,1-3H3/t28-/m1/s1. The average molecular weight is 452 g/mol. The number of hydrogen-bond acceptors (Lipinski definition) is 4. The number of hydrogen-bond donors (Lipinski definition) is 0. The van der Waals surface area contributed by atoms with Gasteiger partial charge in [-0.3, -0.25) is 4.98 Å². The summed E-state index contributed by atoms with van der Waals surface area (Å²) in [4.78, 5) is 5.00. The molecule has 2 aromatic carbocycles. The third-order valence-corrected chi connectivity index (χ3v) is 7.20. The summed E-state index contributed by atoms with van der Waals surface area (Å²) in [5, 5.41) is 9.69. The molecule has 3 aromatic heterocycles. The van der Waals surface area contributed by atoms with E-state index in [1.807, 2.05) is 24.9 Å². The van der Waals surface area contributed by atoms with Gasteiger partial charge in [0.2, 0.25) is 0 Å². The number of pyridine rings is 1. The number of nitrogens with zero attached hydrogens (tertiary/aromatic N) is 5. The van der Waals surface area contributed by atoms with Crippen LogP contribution < -0.4 is 0 Å². The summed E-state index contributed by atoms with van der Waals surface area (Å²) in [5.41, 5.74) is 8.96. The minimum Gasteiger partial charge on any atom is -0.381 e. The van der Waals surface area contributed by atoms with Crippen LogP contribution in [0.3, 0.4) is 0 Å². The van der Waals surface area contributed by atoms with Crippen LogP contribution in [0.15, 0.2) is 60.8 Å². The molecule has 0 spiro atoms. The summed E-state index contributed by atoms with van der Waals surface area (Å²) in [6, 6.07) is 20.1. The number of aromatic nitrogens is 5. The van der Waals surface area contributed by atoms with Crippen LogP contribution in [0.2, 0.25) is 0 Å². The summed E-state index contributed by atoms with van der Waals surface area (Å²) >= 11 is 0. The molecule has 6 heteroatoms. The number of aryl methyl sites for hydroxylation is 3. The summed E-state index contributed by atoms with van der Waals surface area (Å²) in [6.07, 6.45) is 4.05. The number of rotatable bonds is 4. The average Bonchev–Trinajstić information content (AvgIpc) is 3.36. The Kier molecular flexibility index (Phi) is 5.18. The van der Waals surface area contributed by atoms with Crippen molar-refractivity contribution in [1.82, 2.24) is 24.5 Å². The van der Waals surface area contributed by atoms with Crippen molar-refractivity contribution in [3.8, 4) is 11.3 Å². The first-order valence-electron chi connectivity index (χ1n) is 12.0. The topological polar surface area (TPSA) is 57.8 Å². The van der Waals surface area contributed by atoms with Gasteiger partial charge in [0.1, 0.15) is 0 Å². The molecule has 0 bridgehead atoms. The van der Waals surface area contributed by atoms with Crippen LogP contribution in [0, 0.1) is 19.8 Å². The van der Waals surface area contributed by atoms with E-state index in [1.165, 1.54) is 22.0 Å². The molecule has 1 saturated heterocycles. The maximum Gasteiger partial charge on any atom is 0.0960 e. The molecule has 5 aromatic rings. The van der Waals surface area contributed by atoms with Crippen LogP contribution in [-0.2, 0) is 11.8 Å². The molecule has 1 aliphatic rings. The lowest BCUT2D eigenvalue weighted by atomic mass is 9.86. The Morgan fingerprint density at radius 3 is 2.50 bits per heavy atom. The number of ether oxygens (including phenoxy) is 1. The highest BCUT2D eigenvalue weighted by atomic mass is 16.5. The third-order valence-electron chi connectivity index (χ3n) is 7.20. The Morgan fingerprint density at radius 1 is 0.971 bits per heavy atom. The molecule has 6 rings (SSSR count). The predicted octanol–water partition coefficient (Wildman–Crippen LogP) is 5.62. The van der Waals surface area contributed by atoms with E-state index in [4.69, 9.17) is 9.72 Å². The highest BCUT2D eigenvalue weighted by Gasteiger charge is 2.30. The Bertz CT molecular complexity index is 1460. The van der Waals surface area contributed by atoms with E-state index in [1.54, 1.807) is 0 Å². The van der Waals surface area contributed by atoms with Gasteiger partial charge >= 0.3 is 0 Å². The summed E-state index contributed by atoms with van der Waals surface area (Å²) in [6.45, 7) is 5.79. The zero-order chi connectivity index (χ0) is 23.2. The minimum absolute atomic E-state index is 0.203. The minimum atomic E-state index is 0.203. The van der Waals surface area contributed by atoms with Crippen molar-refractivity contribution in [3.63, 3.8) is 0 Å². The van der Waals surface area contributed by atoms with Gasteiger partial charge in [0.15, 0.2) is 0 Å². The summed E-state index contributed by atoms with van der Waals surface area (Å²) in [7, 11) is 1.94. The van der Waals surface area contributed by atoms with E-state index in [2.05, 4.69) is 76.4 Å². The van der Waals surface area contributed by atoms with E-state index in [9.17, 15) is 0 Å². The Morgan fingerprint density at radius 2 is 1.76 bits per heavy atom. The largest absolute Gasteiger partial charge is 0.381 e. The first-order chi connectivity index (χ1) is 16.6. The SMILES string of the molecule is Cc1ccc2c3ncc(-c4c(C)nnn4C)cc3n([C@H](c3ccccc3)C3CCOCC3)c2c1.